The Morgan fingerprint density at radius 3 is 2.96 bits per heavy atom. The van der Waals surface area contributed by atoms with Crippen LogP contribution in [0.5, 0.6) is 0 Å². The highest BCUT2D eigenvalue weighted by molar-refractivity contribution is 5.84. The van der Waals surface area contributed by atoms with Crippen molar-refractivity contribution < 1.29 is 15.1 Å². The summed E-state index contributed by atoms with van der Waals surface area (Å²) >= 11 is 0. The zero-order valence-corrected chi connectivity index (χ0v) is 14.8. The van der Waals surface area contributed by atoms with Crippen LogP contribution in [-0.2, 0) is 11.4 Å². The van der Waals surface area contributed by atoms with Gasteiger partial charge in [0.25, 0.3) is 0 Å². The van der Waals surface area contributed by atoms with Gasteiger partial charge in [0.05, 0.1) is 24.9 Å². The first-order valence-corrected chi connectivity index (χ1v) is 8.55. The van der Waals surface area contributed by atoms with E-state index < -0.39 is 5.91 Å². The number of nitrogens with zero attached hydrogens (tertiary/aromatic N) is 3. The minimum atomic E-state index is -0.487. The second-order valence-electron chi connectivity index (χ2n) is 6.67. The highest BCUT2D eigenvalue weighted by atomic mass is 16.5. The van der Waals surface area contributed by atoms with Crippen LogP contribution in [0, 0.1) is 5.92 Å². The zero-order valence-electron chi connectivity index (χ0n) is 14.8. The van der Waals surface area contributed by atoms with Crippen molar-refractivity contribution in [2.45, 2.75) is 32.9 Å². The molecule has 2 aromatic rings. The predicted molar refractivity (Wildman–Crippen MR) is 96.0 cm³/mol. The molecule has 138 valence electrons. The highest BCUT2D eigenvalue weighted by Crippen LogP contribution is 2.34. The molecule has 0 saturated heterocycles. The van der Waals surface area contributed by atoms with Crippen LogP contribution >= 0.6 is 0 Å². The summed E-state index contributed by atoms with van der Waals surface area (Å²) in [5.74, 6) is -0.224. The van der Waals surface area contributed by atoms with E-state index in [0.29, 0.717) is 12.2 Å². The molecule has 1 unspecified atom stereocenters. The fraction of sp³-hybridized carbons (Fsp3) is 0.389. The Morgan fingerprint density at radius 1 is 1.46 bits per heavy atom. The number of rotatable bonds is 6. The van der Waals surface area contributed by atoms with Gasteiger partial charge in [0, 0.05) is 23.0 Å². The summed E-state index contributed by atoms with van der Waals surface area (Å²) in [5, 5.41) is 29.4. The molecular formula is C18H23N5O3. The first-order valence-electron chi connectivity index (χ1n) is 8.55. The number of hydrogen-bond acceptors (Lipinski definition) is 6. The quantitative estimate of drug-likeness (QED) is 0.470. The van der Waals surface area contributed by atoms with Gasteiger partial charge in [0.15, 0.2) is 0 Å². The van der Waals surface area contributed by atoms with Crippen molar-refractivity contribution in [3.63, 3.8) is 0 Å². The molecule has 4 N–H and O–H groups in total. The van der Waals surface area contributed by atoms with Crippen molar-refractivity contribution in [1.29, 1.82) is 0 Å². The molecule has 0 saturated carbocycles. The van der Waals surface area contributed by atoms with Crippen molar-refractivity contribution in [1.82, 2.24) is 15.5 Å². The number of hydroxylamine groups is 1. The van der Waals surface area contributed by atoms with Crippen LogP contribution < -0.4 is 5.48 Å². The van der Waals surface area contributed by atoms with Crippen molar-refractivity contribution in [3.8, 4) is 0 Å². The SMILES string of the molecule is CC(C)C(c1cc2c(CO)cccc2[nH]1)N1C/C(=C/CC(=O)NO)N=N1. The monoisotopic (exact) mass is 357 g/mol. The van der Waals surface area contributed by atoms with Gasteiger partial charge in [-0.25, -0.2) is 5.48 Å². The van der Waals surface area contributed by atoms with Crippen molar-refractivity contribution in [2.24, 2.45) is 16.3 Å². The van der Waals surface area contributed by atoms with Crippen molar-refractivity contribution >= 4 is 16.8 Å². The molecule has 26 heavy (non-hydrogen) atoms. The Bertz CT molecular complexity index is 856. The maximum atomic E-state index is 11.2. The molecule has 0 spiro atoms. The third kappa shape index (κ3) is 3.61. The summed E-state index contributed by atoms with van der Waals surface area (Å²) in [7, 11) is 0. The minimum absolute atomic E-state index is 0.00971. The van der Waals surface area contributed by atoms with Gasteiger partial charge >= 0.3 is 0 Å². The lowest BCUT2D eigenvalue weighted by molar-refractivity contribution is -0.128. The summed E-state index contributed by atoms with van der Waals surface area (Å²) in [6, 6.07) is 7.85. The van der Waals surface area contributed by atoms with Crippen molar-refractivity contribution in [2.75, 3.05) is 6.54 Å². The lowest BCUT2D eigenvalue weighted by Crippen LogP contribution is -2.26. The number of carbonyl (C=O) groups excluding carboxylic acids is 1. The maximum Gasteiger partial charge on any atom is 0.247 e. The van der Waals surface area contributed by atoms with E-state index in [2.05, 4.69) is 35.2 Å². The average molecular weight is 357 g/mol. The second-order valence-corrected chi connectivity index (χ2v) is 6.67. The number of fused-ring (bicyclic) bond motifs is 1. The van der Waals surface area contributed by atoms with Gasteiger partial charge in [-0.05, 0) is 29.7 Å². The average Bonchev–Trinajstić information content (AvgIpc) is 3.26. The van der Waals surface area contributed by atoms with Crippen LogP contribution in [0.4, 0.5) is 0 Å². The molecular weight excluding hydrogens is 334 g/mol. The predicted octanol–water partition coefficient (Wildman–Crippen LogP) is 2.82. The third-order valence-corrected chi connectivity index (χ3v) is 4.48. The topological polar surface area (TPSA) is 113 Å². The highest BCUT2D eigenvalue weighted by Gasteiger charge is 2.28. The molecule has 1 aliphatic rings. The number of aromatic amines is 1. The number of aliphatic hydroxyl groups is 1. The lowest BCUT2D eigenvalue weighted by atomic mass is 9.99. The molecule has 0 fully saturated rings. The molecule has 3 rings (SSSR count). The van der Waals surface area contributed by atoms with Crippen LogP contribution in [0.1, 0.15) is 37.6 Å². The Kier molecular flexibility index (Phi) is 5.34. The number of hydrogen-bond donors (Lipinski definition) is 4. The smallest absolute Gasteiger partial charge is 0.247 e. The Hall–Kier alpha value is -2.71. The molecule has 0 radical (unpaired) electrons. The molecule has 1 aromatic heterocycles. The van der Waals surface area contributed by atoms with E-state index in [1.165, 1.54) is 0 Å². The first-order chi connectivity index (χ1) is 12.5. The van der Waals surface area contributed by atoms with Crippen LogP contribution in [0.25, 0.3) is 10.9 Å². The summed E-state index contributed by atoms with van der Waals surface area (Å²) < 4.78 is 0. The van der Waals surface area contributed by atoms with Crippen LogP contribution in [0.2, 0.25) is 0 Å². The molecule has 0 aliphatic carbocycles. The van der Waals surface area contributed by atoms with Gasteiger partial charge in [-0.2, -0.15) is 0 Å². The summed E-state index contributed by atoms with van der Waals surface area (Å²) in [4.78, 5) is 14.6. The molecule has 1 aliphatic heterocycles. The first kappa shape index (κ1) is 18.1. The number of benzene rings is 1. The van der Waals surface area contributed by atoms with Gasteiger partial charge in [-0.1, -0.05) is 31.2 Å². The summed E-state index contributed by atoms with van der Waals surface area (Å²) in [6.07, 6.45) is 1.71. The maximum absolute atomic E-state index is 11.2. The number of aromatic nitrogens is 1. The Balaban J connectivity index is 1.85. The fourth-order valence-corrected chi connectivity index (χ4v) is 3.26. The van der Waals surface area contributed by atoms with E-state index in [-0.39, 0.29) is 25.0 Å². The number of amides is 1. The van der Waals surface area contributed by atoms with Crippen LogP contribution in [0.15, 0.2) is 46.4 Å². The minimum Gasteiger partial charge on any atom is -0.392 e. The molecule has 8 heteroatoms. The van der Waals surface area contributed by atoms with E-state index in [0.717, 1.165) is 22.2 Å². The molecule has 1 amide bonds. The molecule has 1 atom stereocenters. The molecule has 8 nitrogen and oxygen atoms in total. The normalized spacial score (nSPS) is 16.8. The molecule has 0 bridgehead atoms. The molecule has 1 aromatic carbocycles. The second kappa shape index (κ2) is 7.67. The largest absolute Gasteiger partial charge is 0.392 e. The van der Waals surface area contributed by atoms with Crippen LogP contribution in [0.3, 0.4) is 0 Å². The number of aliphatic hydroxyl groups excluding tert-OH is 1. The standard InChI is InChI=1S/C18H23N5O3/c1-11(2)18(23-9-13(20-22-23)6-7-17(25)21-26)16-8-14-12(10-24)4-3-5-15(14)19-16/h3-6,8,11,18-19,24,26H,7,9-10H2,1-2H3,(H,21,25)/b13-6-. The number of carbonyl (C=O) groups is 1. The lowest BCUT2D eigenvalue weighted by Gasteiger charge is -2.27. The molecule has 2 heterocycles. The Morgan fingerprint density at radius 2 is 2.27 bits per heavy atom. The van der Waals surface area contributed by atoms with Gasteiger partial charge < -0.3 is 10.1 Å². The van der Waals surface area contributed by atoms with E-state index in [9.17, 15) is 9.90 Å². The Labute approximate surface area is 151 Å². The number of nitrogens with one attached hydrogen (secondary N) is 2. The van der Waals surface area contributed by atoms with Gasteiger partial charge in [-0.15, -0.1) is 5.11 Å². The summed E-state index contributed by atoms with van der Waals surface area (Å²) in [6.45, 7) is 4.70. The third-order valence-electron chi connectivity index (χ3n) is 4.48. The van der Waals surface area contributed by atoms with Crippen molar-refractivity contribution in [3.05, 3.63) is 47.3 Å². The number of H-pyrrole nitrogens is 1. The van der Waals surface area contributed by atoms with Gasteiger partial charge in [-0.3, -0.25) is 15.0 Å². The fourth-order valence-electron chi connectivity index (χ4n) is 3.26. The van der Waals surface area contributed by atoms with E-state index in [1.54, 1.807) is 11.6 Å². The zero-order chi connectivity index (χ0) is 18.7. The van der Waals surface area contributed by atoms with Crippen LogP contribution in [-0.4, -0.2) is 32.8 Å². The van der Waals surface area contributed by atoms with Gasteiger partial charge in [0.2, 0.25) is 5.91 Å². The van der Waals surface area contributed by atoms with E-state index in [4.69, 9.17) is 5.21 Å². The van der Waals surface area contributed by atoms with Gasteiger partial charge in [0.1, 0.15) is 0 Å². The van der Waals surface area contributed by atoms with E-state index >= 15 is 0 Å². The summed E-state index contributed by atoms with van der Waals surface area (Å²) in [5.41, 5.74) is 5.14. The van der Waals surface area contributed by atoms with E-state index in [1.807, 2.05) is 23.2 Å².